The summed E-state index contributed by atoms with van der Waals surface area (Å²) in [6, 6.07) is 13.7. The molecule has 1 aliphatic carbocycles. The normalized spacial score (nSPS) is 18.7. The third-order valence-electron chi connectivity index (χ3n) is 5.93. The van der Waals surface area contributed by atoms with Gasteiger partial charge in [-0.2, -0.15) is 0 Å². The van der Waals surface area contributed by atoms with Crippen molar-refractivity contribution in [2.75, 3.05) is 19.7 Å². The van der Waals surface area contributed by atoms with Crippen LogP contribution in [0.15, 0.2) is 42.5 Å². The molecule has 1 N–H and O–H groups in total. The molecule has 1 saturated carbocycles. The van der Waals surface area contributed by atoms with Crippen LogP contribution in [0.4, 0.5) is 0 Å². The lowest BCUT2D eigenvalue weighted by molar-refractivity contribution is 0.0632. The van der Waals surface area contributed by atoms with Gasteiger partial charge >= 0.3 is 0 Å². The minimum Gasteiger partial charge on any atom is -0.493 e. The van der Waals surface area contributed by atoms with E-state index in [0.717, 1.165) is 49.1 Å². The van der Waals surface area contributed by atoms with Crippen LogP contribution >= 0.6 is 0 Å². The van der Waals surface area contributed by atoms with E-state index in [1.807, 2.05) is 55.1 Å². The Labute approximate surface area is 178 Å². The van der Waals surface area contributed by atoms with E-state index in [-0.39, 0.29) is 11.8 Å². The number of ether oxygens (including phenoxy) is 1. The first-order chi connectivity index (χ1) is 14.5. The van der Waals surface area contributed by atoms with Gasteiger partial charge in [0, 0.05) is 36.2 Å². The lowest BCUT2D eigenvalue weighted by Crippen LogP contribution is -2.41. The first-order valence-electron chi connectivity index (χ1n) is 10.9. The largest absolute Gasteiger partial charge is 0.493 e. The van der Waals surface area contributed by atoms with Crippen molar-refractivity contribution < 1.29 is 14.3 Å². The molecule has 0 spiro atoms. The molecule has 158 valence electrons. The fourth-order valence-electron chi connectivity index (χ4n) is 4.02. The molecule has 1 saturated heterocycles. The van der Waals surface area contributed by atoms with E-state index >= 15 is 0 Å². The summed E-state index contributed by atoms with van der Waals surface area (Å²) in [5.41, 5.74) is 3.66. The van der Waals surface area contributed by atoms with Crippen LogP contribution in [0, 0.1) is 19.8 Å². The quantitative estimate of drug-likeness (QED) is 0.785. The van der Waals surface area contributed by atoms with E-state index in [0.29, 0.717) is 30.7 Å². The number of nitrogens with one attached hydrogen (secondary N) is 1. The molecule has 30 heavy (non-hydrogen) atoms. The van der Waals surface area contributed by atoms with E-state index in [1.54, 1.807) is 0 Å². The van der Waals surface area contributed by atoms with Crippen LogP contribution in [0.2, 0.25) is 0 Å². The second-order valence-corrected chi connectivity index (χ2v) is 8.66. The highest BCUT2D eigenvalue weighted by molar-refractivity contribution is 5.96. The maximum absolute atomic E-state index is 13.0. The zero-order valence-electron chi connectivity index (χ0n) is 17.8. The highest BCUT2D eigenvalue weighted by Crippen LogP contribution is 2.23. The van der Waals surface area contributed by atoms with Gasteiger partial charge in [0.2, 0.25) is 0 Å². The van der Waals surface area contributed by atoms with Gasteiger partial charge in [0.15, 0.2) is 0 Å². The molecule has 2 fully saturated rings. The van der Waals surface area contributed by atoms with Crippen molar-refractivity contribution in [2.45, 2.75) is 45.6 Å². The van der Waals surface area contributed by atoms with Crippen LogP contribution in [0.5, 0.6) is 5.75 Å². The first kappa shape index (κ1) is 20.5. The number of rotatable bonds is 6. The van der Waals surface area contributed by atoms with Gasteiger partial charge in [-0.15, -0.1) is 0 Å². The topological polar surface area (TPSA) is 58.6 Å². The van der Waals surface area contributed by atoms with Gasteiger partial charge in [-0.05, 0) is 75.4 Å². The van der Waals surface area contributed by atoms with E-state index < -0.39 is 0 Å². The number of carbonyl (C=O) groups is 2. The Morgan fingerprint density at radius 3 is 2.53 bits per heavy atom. The molecule has 5 heteroatoms. The SMILES string of the molecule is Cc1ccc(C(=O)N2CCCC(COc3ccc(C(=O)NC4CC4)cc3)C2)c(C)c1. The Balaban J connectivity index is 1.30. The minimum atomic E-state index is -0.0168. The van der Waals surface area contributed by atoms with Crippen molar-refractivity contribution in [2.24, 2.45) is 5.92 Å². The summed E-state index contributed by atoms with van der Waals surface area (Å²) in [5.74, 6) is 1.17. The summed E-state index contributed by atoms with van der Waals surface area (Å²) in [4.78, 5) is 27.0. The lowest BCUT2D eigenvalue weighted by Gasteiger charge is -2.33. The molecule has 1 heterocycles. The molecule has 1 unspecified atom stereocenters. The zero-order valence-corrected chi connectivity index (χ0v) is 17.8. The van der Waals surface area contributed by atoms with Crippen LogP contribution in [-0.4, -0.2) is 42.5 Å². The summed E-state index contributed by atoms with van der Waals surface area (Å²) in [5, 5.41) is 2.99. The Kier molecular flexibility index (Phi) is 6.07. The van der Waals surface area contributed by atoms with E-state index in [9.17, 15) is 9.59 Å². The summed E-state index contributed by atoms with van der Waals surface area (Å²) < 4.78 is 5.98. The third kappa shape index (κ3) is 5.02. The number of hydrogen-bond acceptors (Lipinski definition) is 3. The van der Waals surface area contributed by atoms with Crippen molar-refractivity contribution >= 4 is 11.8 Å². The van der Waals surface area contributed by atoms with Crippen molar-refractivity contribution in [1.82, 2.24) is 10.2 Å². The number of amides is 2. The van der Waals surface area contributed by atoms with Crippen LogP contribution in [0.3, 0.4) is 0 Å². The number of carbonyl (C=O) groups excluding carboxylic acids is 2. The summed E-state index contributed by atoms with van der Waals surface area (Å²) in [7, 11) is 0. The van der Waals surface area contributed by atoms with Gasteiger partial charge in [0.25, 0.3) is 11.8 Å². The van der Waals surface area contributed by atoms with Crippen LogP contribution in [-0.2, 0) is 0 Å². The monoisotopic (exact) mass is 406 g/mol. The van der Waals surface area contributed by atoms with Gasteiger partial charge in [-0.3, -0.25) is 9.59 Å². The Bertz CT molecular complexity index is 918. The third-order valence-corrected chi connectivity index (χ3v) is 5.93. The van der Waals surface area contributed by atoms with Crippen molar-refractivity contribution in [1.29, 1.82) is 0 Å². The molecule has 0 bridgehead atoms. The van der Waals surface area contributed by atoms with Crippen molar-refractivity contribution in [3.63, 3.8) is 0 Å². The number of likely N-dealkylation sites (tertiary alicyclic amines) is 1. The highest BCUT2D eigenvalue weighted by atomic mass is 16.5. The average Bonchev–Trinajstić information content (AvgIpc) is 3.56. The summed E-state index contributed by atoms with van der Waals surface area (Å²) in [6.07, 6.45) is 4.21. The Hall–Kier alpha value is -2.82. The molecule has 4 rings (SSSR count). The van der Waals surface area contributed by atoms with E-state index in [2.05, 4.69) is 11.4 Å². The van der Waals surface area contributed by atoms with E-state index in [1.165, 1.54) is 5.56 Å². The van der Waals surface area contributed by atoms with E-state index in [4.69, 9.17) is 4.74 Å². The number of nitrogens with zero attached hydrogens (tertiary/aromatic N) is 1. The molecule has 2 aromatic carbocycles. The summed E-state index contributed by atoms with van der Waals surface area (Å²) >= 11 is 0. The maximum atomic E-state index is 13.0. The molecule has 5 nitrogen and oxygen atoms in total. The maximum Gasteiger partial charge on any atom is 0.254 e. The molecule has 0 radical (unpaired) electrons. The molecule has 2 aromatic rings. The molecule has 1 aliphatic heterocycles. The number of benzene rings is 2. The number of aryl methyl sites for hydroxylation is 2. The standard InChI is InChI=1S/C25H30N2O3/c1-17-5-12-23(18(2)14-17)25(29)27-13-3-4-19(15-27)16-30-22-10-6-20(7-11-22)24(28)26-21-8-9-21/h5-7,10-12,14,19,21H,3-4,8-9,13,15-16H2,1-2H3,(H,26,28). The van der Waals surface area contributed by atoms with Crippen molar-refractivity contribution in [3.8, 4) is 5.75 Å². The fraction of sp³-hybridized carbons (Fsp3) is 0.440. The number of piperidine rings is 1. The van der Waals surface area contributed by atoms with Gasteiger partial charge in [0.1, 0.15) is 5.75 Å². The second kappa shape index (κ2) is 8.90. The fourth-order valence-corrected chi connectivity index (χ4v) is 4.02. The zero-order chi connectivity index (χ0) is 21.1. The average molecular weight is 407 g/mol. The molecule has 0 aromatic heterocycles. The highest BCUT2D eigenvalue weighted by Gasteiger charge is 2.26. The second-order valence-electron chi connectivity index (χ2n) is 8.66. The number of hydrogen-bond donors (Lipinski definition) is 1. The molecule has 2 aliphatic rings. The van der Waals surface area contributed by atoms with Crippen LogP contribution in [0.1, 0.15) is 57.5 Å². The molecule has 1 atom stereocenters. The van der Waals surface area contributed by atoms with Crippen LogP contribution in [0.25, 0.3) is 0 Å². The predicted octanol–water partition coefficient (Wildman–Crippen LogP) is 4.13. The first-order valence-corrected chi connectivity index (χ1v) is 10.9. The Morgan fingerprint density at radius 1 is 1.07 bits per heavy atom. The van der Waals surface area contributed by atoms with Gasteiger partial charge < -0.3 is 15.0 Å². The summed E-state index contributed by atoms with van der Waals surface area (Å²) in [6.45, 7) is 6.13. The lowest BCUT2D eigenvalue weighted by atomic mass is 9.97. The van der Waals surface area contributed by atoms with Crippen molar-refractivity contribution in [3.05, 3.63) is 64.7 Å². The van der Waals surface area contributed by atoms with Gasteiger partial charge in [-0.1, -0.05) is 17.7 Å². The molecular weight excluding hydrogens is 376 g/mol. The minimum absolute atomic E-state index is 0.0168. The predicted molar refractivity (Wildman–Crippen MR) is 117 cm³/mol. The van der Waals surface area contributed by atoms with Gasteiger partial charge in [-0.25, -0.2) is 0 Å². The molecule has 2 amide bonds. The van der Waals surface area contributed by atoms with Crippen LogP contribution < -0.4 is 10.1 Å². The molecular formula is C25H30N2O3. The Morgan fingerprint density at radius 2 is 1.83 bits per heavy atom. The smallest absolute Gasteiger partial charge is 0.254 e. The van der Waals surface area contributed by atoms with Gasteiger partial charge in [0.05, 0.1) is 6.61 Å².